The maximum Gasteiger partial charge on any atom is 0.0691 e. The Bertz CT molecular complexity index is 355. The van der Waals surface area contributed by atoms with Gasteiger partial charge < -0.3 is 15.4 Å². The van der Waals surface area contributed by atoms with Crippen LogP contribution < -0.4 is 5.73 Å². The minimum atomic E-state index is -0.0416. The Morgan fingerprint density at radius 3 is 2.68 bits per heavy atom. The van der Waals surface area contributed by atoms with Crippen LogP contribution in [-0.4, -0.2) is 42.8 Å². The molecule has 3 nitrogen and oxygen atoms in total. The van der Waals surface area contributed by atoms with Gasteiger partial charge in [-0.05, 0) is 31.2 Å². The molecule has 0 amide bonds. The van der Waals surface area contributed by atoms with Gasteiger partial charge in [0.2, 0.25) is 0 Å². The molecule has 1 saturated carbocycles. The Kier molecular flexibility index (Phi) is 3.23. The Morgan fingerprint density at radius 2 is 2.05 bits per heavy atom. The second-order valence-electron chi connectivity index (χ2n) is 7.98. The number of hydrogen-bond donors (Lipinski definition) is 1. The van der Waals surface area contributed by atoms with Crippen LogP contribution in [0.5, 0.6) is 0 Å². The van der Waals surface area contributed by atoms with Crippen LogP contribution in [0.4, 0.5) is 0 Å². The molecule has 4 atom stereocenters. The SMILES string of the molecule is CC(C)C1CCN(CC2(N)C3CCOC3C2(C)C)C1. The summed E-state index contributed by atoms with van der Waals surface area (Å²) in [5.41, 5.74) is 6.93. The van der Waals surface area contributed by atoms with Gasteiger partial charge in [-0.1, -0.05) is 27.7 Å². The Hall–Kier alpha value is -0.120. The summed E-state index contributed by atoms with van der Waals surface area (Å²) in [5.74, 6) is 2.25. The van der Waals surface area contributed by atoms with Crippen LogP contribution in [0.15, 0.2) is 0 Å². The fraction of sp³-hybridized carbons (Fsp3) is 1.00. The monoisotopic (exact) mass is 266 g/mol. The third kappa shape index (κ3) is 1.89. The predicted molar refractivity (Wildman–Crippen MR) is 77.9 cm³/mol. The third-order valence-electron chi connectivity index (χ3n) is 6.40. The number of likely N-dealkylation sites (tertiary alicyclic amines) is 1. The lowest BCUT2D eigenvalue weighted by Gasteiger charge is -2.63. The quantitative estimate of drug-likeness (QED) is 0.850. The first-order valence-electron chi connectivity index (χ1n) is 7.99. The molecule has 3 aliphatic rings. The van der Waals surface area contributed by atoms with Crippen molar-refractivity contribution in [3.63, 3.8) is 0 Å². The summed E-state index contributed by atoms with van der Waals surface area (Å²) in [6.45, 7) is 13.7. The first kappa shape index (κ1) is 13.8. The average molecular weight is 266 g/mol. The van der Waals surface area contributed by atoms with Gasteiger partial charge in [-0.25, -0.2) is 0 Å². The van der Waals surface area contributed by atoms with Gasteiger partial charge in [-0.15, -0.1) is 0 Å². The zero-order valence-electron chi connectivity index (χ0n) is 13.0. The van der Waals surface area contributed by atoms with E-state index in [0.717, 1.165) is 31.4 Å². The molecular formula is C16H30N2O. The molecule has 0 aromatic rings. The molecule has 3 heteroatoms. The third-order valence-corrected chi connectivity index (χ3v) is 6.40. The topological polar surface area (TPSA) is 38.5 Å². The van der Waals surface area contributed by atoms with Crippen molar-refractivity contribution in [2.24, 2.45) is 28.9 Å². The van der Waals surface area contributed by atoms with Crippen LogP contribution in [-0.2, 0) is 4.74 Å². The maximum atomic E-state index is 6.85. The first-order chi connectivity index (χ1) is 8.86. The van der Waals surface area contributed by atoms with Crippen molar-refractivity contribution in [3.05, 3.63) is 0 Å². The fourth-order valence-corrected chi connectivity index (χ4v) is 4.72. The van der Waals surface area contributed by atoms with Crippen molar-refractivity contribution >= 4 is 0 Å². The van der Waals surface area contributed by atoms with E-state index in [0.29, 0.717) is 12.0 Å². The van der Waals surface area contributed by atoms with E-state index >= 15 is 0 Å². The first-order valence-corrected chi connectivity index (χ1v) is 7.99. The van der Waals surface area contributed by atoms with Crippen molar-refractivity contribution in [3.8, 4) is 0 Å². The number of rotatable bonds is 3. The minimum Gasteiger partial charge on any atom is -0.377 e. The van der Waals surface area contributed by atoms with E-state index in [4.69, 9.17) is 10.5 Å². The lowest BCUT2D eigenvalue weighted by Crippen LogP contribution is -2.78. The van der Waals surface area contributed by atoms with E-state index in [9.17, 15) is 0 Å². The summed E-state index contributed by atoms with van der Waals surface area (Å²) in [7, 11) is 0. The molecule has 1 aliphatic carbocycles. The van der Waals surface area contributed by atoms with E-state index in [1.54, 1.807) is 0 Å². The highest BCUT2D eigenvalue weighted by atomic mass is 16.5. The van der Waals surface area contributed by atoms with Crippen molar-refractivity contribution in [1.82, 2.24) is 4.90 Å². The van der Waals surface area contributed by atoms with E-state index < -0.39 is 0 Å². The molecule has 2 saturated heterocycles. The summed E-state index contributed by atoms with van der Waals surface area (Å²) in [4.78, 5) is 2.61. The standard InChI is InChI=1S/C16H30N2O/c1-11(2)12-5-7-18(9-12)10-16(17)13-6-8-19-14(13)15(16,3)4/h11-14H,5-10,17H2,1-4H3. The minimum absolute atomic E-state index is 0.0416. The Labute approximate surface area is 117 Å². The van der Waals surface area contributed by atoms with Gasteiger partial charge in [-0.3, -0.25) is 0 Å². The van der Waals surface area contributed by atoms with Crippen LogP contribution in [0.3, 0.4) is 0 Å². The van der Waals surface area contributed by atoms with Crippen LogP contribution in [0.1, 0.15) is 40.5 Å². The smallest absolute Gasteiger partial charge is 0.0691 e. The molecule has 0 aromatic carbocycles. The Balaban J connectivity index is 1.66. The van der Waals surface area contributed by atoms with E-state index in [2.05, 4.69) is 32.6 Å². The van der Waals surface area contributed by atoms with Gasteiger partial charge in [0.15, 0.2) is 0 Å². The molecule has 4 unspecified atom stereocenters. The van der Waals surface area contributed by atoms with E-state index in [-0.39, 0.29) is 11.0 Å². The van der Waals surface area contributed by atoms with Crippen molar-refractivity contribution in [1.29, 1.82) is 0 Å². The van der Waals surface area contributed by atoms with Crippen molar-refractivity contribution in [2.45, 2.75) is 52.2 Å². The largest absolute Gasteiger partial charge is 0.377 e. The van der Waals surface area contributed by atoms with Crippen molar-refractivity contribution < 1.29 is 4.74 Å². The number of ether oxygens (including phenoxy) is 1. The van der Waals surface area contributed by atoms with Crippen LogP contribution in [0.2, 0.25) is 0 Å². The van der Waals surface area contributed by atoms with Crippen LogP contribution in [0, 0.1) is 23.2 Å². The molecule has 3 rings (SSSR count). The lowest BCUT2D eigenvalue weighted by molar-refractivity contribution is -0.162. The number of nitrogens with zero attached hydrogens (tertiary/aromatic N) is 1. The predicted octanol–water partition coefficient (Wildman–Crippen LogP) is 2.11. The second-order valence-corrected chi connectivity index (χ2v) is 7.98. The van der Waals surface area contributed by atoms with Gasteiger partial charge in [0.1, 0.15) is 0 Å². The highest BCUT2D eigenvalue weighted by Crippen LogP contribution is 2.58. The fourth-order valence-electron chi connectivity index (χ4n) is 4.72. The molecule has 2 aliphatic heterocycles. The van der Waals surface area contributed by atoms with Crippen LogP contribution in [0.25, 0.3) is 0 Å². The van der Waals surface area contributed by atoms with Gasteiger partial charge in [-0.2, -0.15) is 0 Å². The van der Waals surface area contributed by atoms with Crippen molar-refractivity contribution in [2.75, 3.05) is 26.2 Å². The molecule has 0 bridgehead atoms. The molecule has 2 heterocycles. The van der Waals surface area contributed by atoms with Gasteiger partial charge in [0, 0.05) is 36.6 Å². The molecule has 0 radical (unpaired) electrons. The summed E-state index contributed by atoms with van der Waals surface area (Å²) in [5, 5.41) is 0. The molecular weight excluding hydrogens is 236 g/mol. The van der Waals surface area contributed by atoms with Crippen LogP contribution >= 0.6 is 0 Å². The maximum absolute atomic E-state index is 6.85. The van der Waals surface area contributed by atoms with E-state index in [1.165, 1.54) is 19.5 Å². The summed E-state index contributed by atoms with van der Waals surface area (Å²) in [6.07, 6.45) is 2.91. The number of fused-ring (bicyclic) bond motifs is 1. The normalized spacial score (nSPS) is 45.5. The molecule has 110 valence electrons. The highest BCUT2D eigenvalue weighted by molar-refractivity contribution is 5.21. The zero-order valence-corrected chi connectivity index (χ0v) is 13.0. The number of nitrogens with two attached hydrogens (primary N) is 1. The van der Waals surface area contributed by atoms with Gasteiger partial charge in [0.05, 0.1) is 6.10 Å². The second kappa shape index (κ2) is 4.44. The average Bonchev–Trinajstić information content (AvgIpc) is 2.95. The molecule has 0 spiro atoms. The number of hydrogen-bond acceptors (Lipinski definition) is 3. The zero-order chi connectivity index (χ0) is 13.8. The summed E-state index contributed by atoms with van der Waals surface area (Å²) >= 11 is 0. The highest BCUT2D eigenvalue weighted by Gasteiger charge is 2.67. The summed E-state index contributed by atoms with van der Waals surface area (Å²) in [6, 6.07) is 0. The van der Waals surface area contributed by atoms with Gasteiger partial charge in [0.25, 0.3) is 0 Å². The summed E-state index contributed by atoms with van der Waals surface area (Å²) < 4.78 is 5.89. The lowest BCUT2D eigenvalue weighted by atomic mass is 9.48. The molecule has 0 aromatic heterocycles. The molecule has 19 heavy (non-hydrogen) atoms. The Morgan fingerprint density at radius 1 is 1.32 bits per heavy atom. The molecule has 2 N–H and O–H groups in total. The van der Waals surface area contributed by atoms with E-state index in [1.807, 2.05) is 0 Å². The van der Waals surface area contributed by atoms with Gasteiger partial charge >= 0.3 is 0 Å². The molecule has 3 fully saturated rings.